The van der Waals surface area contributed by atoms with Gasteiger partial charge in [0.05, 0.1) is 12.1 Å². The van der Waals surface area contributed by atoms with E-state index >= 15 is 0 Å². The Hall–Kier alpha value is -2.11. The van der Waals surface area contributed by atoms with Crippen LogP contribution >= 0.6 is 0 Å². The van der Waals surface area contributed by atoms with Gasteiger partial charge in [-0.3, -0.25) is 4.79 Å². The van der Waals surface area contributed by atoms with Crippen LogP contribution in [0.3, 0.4) is 0 Å². The number of pyridine rings is 1. The van der Waals surface area contributed by atoms with Crippen LogP contribution in [-0.2, 0) is 4.79 Å². The van der Waals surface area contributed by atoms with Crippen LogP contribution < -0.4 is 10.6 Å². The zero-order valence-electron chi connectivity index (χ0n) is 9.56. The Morgan fingerprint density at radius 3 is 2.71 bits per heavy atom. The Morgan fingerprint density at radius 2 is 2.18 bits per heavy atom. The Balaban J connectivity index is 2.42. The summed E-state index contributed by atoms with van der Waals surface area (Å²) < 4.78 is 0. The molecule has 0 bridgehead atoms. The number of nitrogens with one attached hydrogen (secondary N) is 2. The molecular weight excluding hydrogens is 222 g/mol. The number of aromatic nitrogens is 1. The number of carboxylic acids is 1. The van der Waals surface area contributed by atoms with Gasteiger partial charge in [0.2, 0.25) is 5.91 Å². The van der Waals surface area contributed by atoms with Crippen LogP contribution in [0, 0.1) is 0 Å². The maximum atomic E-state index is 11.3. The van der Waals surface area contributed by atoms with Gasteiger partial charge in [0.25, 0.3) is 0 Å². The molecule has 0 aliphatic carbocycles. The summed E-state index contributed by atoms with van der Waals surface area (Å²) in [5.41, 5.74) is 0.117. The number of hydrogen-bond acceptors (Lipinski definition) is 4. The highest BCUT2D eigenvalue weighted by atomic mass is 16.4. The van der Waals surface area contributed by atoms with E-state index in [9.17, 15) is 9.59 Å². The second-order valence-corrected chi connectivity index (χ2v) is 3.44. The number of carbonyl (C=O) groups excluding carboxylic acids is 1. The second-order valence-electron chi connectivity index (χ2n) is 3.44. The zero-order chi connectivity index (χ0) is 12.7. The van der Waals surface area contributed by atoms with Crippen molar-refractivity contribution in [3.8, 4) is 0 Å². The highest BCUT2D eigenvalue weighted by molar-refractivity contribution is 5.87. The Labute approximate surface area is 99.1 Å². The average Bonchev–Trinajstić information content (AvgIpc) is 2.34. The largest absolute Gasteiger partial charge is 0.478 e. The van der Waals surface area contributed by atoms with Crippen molar-refractivity contribution in [2.24, 2.45) is 0 Å². The molecule has 6 heteroatoms. The third-order valence-corrected chi connectivity index (χ3v) is 2.01. The Kier molecular flexibility index (Phi) is 4.93. The molecule has 0 unspecified atom stereocenters. The van der Waals surface area contributed by atoms with Crippen LogP contribution in [-0.4, -0.2) is 35.1 Å². The highest BCUT2D eigenvalue weighted by Gasteiger charge is 2.04. The lowest BCUT2D eigenvalue weighted by atomic mass is 10.3. The number of rotatable bonds is 6. The van der Waals surface area contributed by atoms with Gasteiger partial charge in [-0.15, -0.1) is 0 Å². The quantitative estimate of drug-likeness (QED) is 0.678. The van der Waals surface area contributed by atoms with E-state index in [2.05, 4.69) is 15.6 Å². The maximum Gasteiger partial charge on any atom is 0.337 e. The van der Waals surface area contributed by atoms with E-state index in [1.54, 1.807) is 0 Å². The lowest BCUT2D eigenvalue weighted by Crippen LogP contribution is -2.30. The van der Waals surface area contributed by atoms with Crippen LogP contribution in [0.4, 0.5) is 5.82 Å². The standard InChI is InChI=1S/C11H15N3O3/c1-2-5-12-10(15)7-14-9-4-3-8(6-13-9)11(16)17/h3-4,6H,2,5,7H2,1H3,(H,12,15)(H,13,14)(H,16,17). The van der Waals surface area contributed by atoms with Gasteiger partial charge in [0.1, 0.15) is 5.82 Å². The summed E-state index contributed by atoms with van der Waals surface area (Å²) >= 11 is 0. The Morgan fingerprint density at radius 1 is 1.41 bits per heavy atom. The second kappa shape index (κ2) is 6.47. The predicted octanol–water partition coefficient (Wildman–Crippen LogP) is 0.718. The van der Waals surface area contributed by atoms with Crippen molar-refractivity contribution in [3.63, 3.8) is 0 Å². The fourth-order valence-electron chi connectivity index (χ4n) is 1.12. The van der Waals surface area contributed by atoms with Crippen molar-refractivity contribution in [2.45, 2.75) is 13.3 Å². The van der Waals surface area contributed by atoms with Crippen molar-refractivity contribution >= 4 is 17.7 Å². The van der Waals surface area contributed by atoms with E-state index in [0.29, 0.717) is 12.4 Å². The minimum absolute atomic E-state index is 0.115. The molecule has 1 rings (SSSR count). The van der Waals surface area contributed by atoms with Gasteiger partial charge in [-0.25, -0.2) is 9.78 Å². The summed E-state index contributed by atoms with van der Waals surface area (Å²) in [4.78, 5) is 25.7. The average molecular weight is 237 g/mol. The minimum atomic E-state index is -1.02. The zero-order valence-corrected chi connectivity index (χ0v) is 9.56. The first-order valence-electron chi connectivity index (χ1n) is 5.33. The van der Waals surface area contributed by atoms with Crippen molar-refractivity contribution < 1.29 is 14.7 Å². The van der Waals surface area contributed by atoms with Crippen molar-refractivity contribution in [2.75, 3.05) is 18.4 Å². The smallest absolute Gasteiger partial charge is 0.337 e. The number of anilines is 1. The molecule has 1 heterocycles. The molecule has 1 amide bonds. The van der Waals surface area contributed by atoms with Crippen LogP contribution in [0.1, 0.15) is 23.7 Å². The molecule has 0 atom stereocenters. The van der Waals surface area contributed by atoms with Crippen LogP contribution in [0.25, 0.3) is 0 Å². The monoisotopic (exact) mass is 237 g/mol. The van der Waals surface area contributed by atoms with Crippen LogP contribution in [0.15, 0.2) is 18.3 Å². The van der Waals surface area contributed by atoms with Crippen LogP contribution in [0.2, 0.25) is 0 Å². The number of amides is 1. The molecule has 0 saturated carbocycles. The summed E-state index contributed by atoms with van der Waals surface area (Å²) in [6.45, 7) is 2.74. The summed E-state index contributed by atoms with van der Waals surface area (Å²) in [6, 6.07) is 2.96. The lowest BCUT2D eigenvalue weighted by Gasteiger charge is -2.06. The summed E-state index contributed by atoms with van der Waals surface area (Å²) in [7, 11) is 0. The van der Waals surface area contributed by atoms with Gasteiger partial charge >= 0.3 is 5.97 Å². The fraction of sp³-hybridized carbons (Fsp3) is 0.364. The van der Waals surface area contributed by atoms with Crippen molar-refractivity contribution in [1.82, 2.24) is 10.3 Å². The molecule has 0 radical (unpaired) electrons. The topological polar surface area (TPSA) is 91.3 Å². The summed E-state index contributed by atoms with van der Waals surface area (Å²) in [5.74, 6) is -0.664. The SMILES string of the molecule is CCCNC(=O)CNc1ccc(C(=O)O)cn1. The van der Waals surface area contributed by atoms with E-state index < -0.39 is 5.97 Å². The maximum absolute atomic E-state index is 11.3. The van der Waals surface area contributed by atoms with E-state index in [0.717, 1.165) is 6.42 Å². The number of carboxylic acid groups (broad SMARTS) is 1. The number of aromatic carboxylic acids is 1. The third kappa shape index (κ3) is 4.50. The molecule has 0 spiro atoms. The fourth-order valence-corrected chi connectivity index (χ4v) is 1.12. The molecule has 17 heavy (non-hydrogen) atoms. The molecule has 1 aromatic heterocycles. The van der Waals surface area contributed by atoms with Gasteiger partial charge in [-0.2, -0.15) is 0 Å². The van der Waals surface area contributed by atoms with Crippen LogP contribution in [0.5, 0.6) is 0 Å². The normalized spacial score (nSPS) is 9.71. The van der Waals surface area contributed by atoms with E-state index in [1.165, 1.54) is 18.3 Å². The van der Waals surface area contributed by atoms with Gasteiger partial charge < -0.3 is 15.7 Å². The molecule has 1 aromatic rings. The van der Waals surface area contributed by atoms with E-state index in [4.69, 9.17) is 5.11 Å². The lowest BCUT2D eigenvalue weighted by molar-refractivity contribution is -0.119. The van der Waals surface area contributed by atoms with Crippen molar-refractivity contribution in [3.05, 3.63) is 23.9 Å². The highest BCUT2D eigenvalue weighted by Crippen LogP contribution is 2.04. The molecule has 0 fully saturated rings. The number of carbonyl (C=O) groups is 2. The van der Waals surface area contributed by atoms with Gasteiger partial charge in [0.15, 0.2) is 0 Å². The first-order chi connectivity index (χ1) is 8.13. The minimum Gasteiger partial charge on any atom is -0.478 e. The van der Waals surface area contributed by atoms with Crippen molar-refractivity contribution in [1.29, 1.82) is 0 Å². The molecule has 0 saturated heterocycles. The van der Waals surface area contributed by atoms with E-state index in [-0.39, 0.29) is 18.0 Å². The van der Waals surface area contributed by atoms with Gasteiger partial charge in [0, 0.05) is 12.7 Å². The van der Waals surface area contributed by atoms with Gasteiger partial charge in [-0.1, -0.05) is 6.92 Å². The molecule has 0 aliphatic rings. The number of nitrogens with zero attached hydrogens (tertiary/aromatic N) is 1. The number of hydrogen-bond donors (Lipinski definition) is 3. The third-order valence-electron chi connectivity index (χ3n) is 2.01. The van der Waals surface area contributed by atoms with Gasteiger partial charge in [-0.05, 0) is 18.6 Å². The molecule has 0 aliphatic heterocycles. The first kappa shape index (κ1) is 13.0. The molecule has 0 aromatic carbocycles. The molecule has 92 valence electrons. The Bertz CT molecular complexity index is 389. The first-order valence-corrected chi connectivity index (χ1v) is 5.33. The summed E-state index contributed by atoms with van der Waals surface area (Å²) in [6.07, 6.45) is 2.13. The molecule has 6 nitrogen and oxygen atoms in total. The van der Waals surface area contributed by atoms with E-state index in [1.807, 2.05) is 6.92 Å². The molecular formula is C11H15N3O3. The predicted molar refractivity (Wildman–Crippen MR) is 63.0 cm³/mol. The summed E-state index contributed by atoms with van der Waals surface area (Å²) in [5, 5.41) is 14.2. The molecule has 3 N–H and O–H groups in total.